The minimum absolute atomic E-state index is 0. The van der Waals surface area contributed by atoms with E-state index in [1.165, 1.54) is 12.1 Å². The third-order valence-electron chi connectivity index (χ3n) is 4.71. The second kappa shape index (κ2) is 6.75. The molecule has 2 N–H and O–H groups in total. The third-order valence-corrected chi connectivity index (χ3v) is 4.71. The first-order valence-electron chi connectivity index (χ1n) is 7.42. The van der Waals surface area contributed by atoms with Gasteiger partial charge in [0.15, 0.2) is 0 Å². The maximum Gasteiger partial charge on any atom is 0.223 e. The minimum Gasteiger partial charge on any atom is -0.356 e. The Hall–Kier alpha value is -1.13. The Bertz CT molecular complexity index is 503. The summed E-state index contributed by atoms with van der Waals surface area (Å²) >= 11 is 0. The maximum atomic E-state index is 13.0. The van der Waals surface area contributed by atoms with Gasteiger partial charge in [-0.15, -0.1) is 12.4 Å². The first-order chi connectivity index (χ1) is 9.70. The zero-order valence-electron chi connectivity index (χ0n) is 12.0. The first kappa shape index (κ1) is 16.2. The van der Waals surface area contributed by atoms with Gasteiger partial charge in [-0.2, -0.15) is 0 Å². The van der Waals surface area contributed by atoms with Crippen molar-refractivity contribution in [1.29, 1.82) is 0 Å². The van der Waals surface area contributed by atoms with Gasteiger partial charge in [-0.3, -0.25) is 4.79 Å². The lowest BCUT2D eigenvalue weighted by Gasteiger charge is -2.23. The van der Waals surface area contributed by atoms with Crippen molar-refractivity contribution in [3.05, 3.63) is 35.6 Å². The number of hydrogen-bond acceptors (Lipinski definition) is 2. The molecule has 2 fully saturated rings. The van der Waals surface area contributed by atoms with Crippen molar-refractivity contribution in [2.75, 3.05) is 19.6 Å². The fourth-order valence-electron chi connectivity index (χ4n) is 3.34. The predicted molar refractivity (Wildman–Crippen MR) is 83.0 cm³/mol. The van der Waals surface area contributed by atoms with Crippen molar-refractivity contribution in [2.24, 2.45) is 11.3 Å². The molecule has 0 bridgehead atoms. The van der Waals surface area contributed by atoms with E-state index in [4.69, 9.17) is 0 Å². The number of benzene rings is 1. The van der Waals surface area contributed by atoms with Crippen LogP contribution >= 0.6 is 12.4 Å². The van der Waals surface area contributed by atoms with E-state index in [9.17, 15) is 9.18 Å². The summed E-state index contributed by atoms with van der Waals surface area (Å²) in [7, 11) is 0. The van der Waals surface area contributed by atoms with Crippen LogP contribution in [0.4, 0.5) is 4.39 Å². The topological polar surface area (TPSA) is 41.1 Å². The SMILES string of the molecule is Cl.O=C(NCCc1cccc(F)c1)C1CC12CCNCC2. The summed E-state index contributed by atoms with van der Waals surface area (Å²) in [6, 6.07) is 6.56. The average molecular weight is 313 g/mol. The lowest BCUT2D eigenvalue weighted by Crippen LogP contribution is -2.34. The van der Waals surface area contributed by atoms with Gasteiger partial charge in [0.2, 0.25) is 5.91 Å². The Morgan fingerprint density at radius 1 is 1.38 bits per heavy atom. The van der Waals surface area contributed by atoms with Crippen LogP contribution in [0.5, 0.6) is 0 Å². The lowest BCUT2D eigenvalue weighted by atomic mass is 9.92. The molecule has 1 unspecified atom stereocenters. The fraction of sp³-hybridized carbons (Fsp3) is 0.562. The zero-order valence-corrected chi connectivity index (χ0v) is 12.8. The molecule has 5 heteroatoms. The Labute approximate surface area is 131 Å². The van der Waals surface area contributed by atoms with Gasteiger partial charge in [0.05, 0.1) is 0 Å². The van der Waals surface area contributed by atoms with Gasteiger partial charge in [0.25, 0.3) is 0 Å². The van der Waals surface area contributed by atoms with Gasteiger partial charge in [0, 0.05) is 12.5 Å². The highest BCUT2D eigenvalue weighted by Crippen LogP contribution is 2.58. The van der Waals surface area contributed by atoms with E-state index in [0.29, 0.717) is 13.0 Å². The fourth-order valence-corrected chi connectivity index (χ4v) is 3.34. The predicted octanol–water partition coefficient (Wildman–Crippen LogP) is 2.30. The molecule has 1 aromatic rings. The number of halogens is 2. The summed E-state index contributed by atoms with van der Waals surface area (Å²) in [4.78, 5) is 12.1. The van der Waals surface area contributed by atoms with Crippen LogP contribution in [0.3, 0.4) is 0 Å². The molecule has 3 nitrogen and oxygen atoms in total. The van der Waals surface area contributed by atoms with Crippen molar-refractivity contribution in [3.8, 4) is 0 Å². The van der Waals surface area contributed by atoms with Crippen LogP contribution in [0.2, 0.25) is 0 Å². The molecule has 116 valence electrons. The lowest BCUT2D eigenvalue weighted by molar-refractivity contribution is -0.123. The quantitative estimate of drug-likeness (QED) is 0.895. The van der Waals surface area contributed by atoms with Crippen molar-refractivity contribution in [3.63, 3.8) is 0 Å². The highest BCUT2D eigenvalue weighted by molar-refractivity contribution is 5.85. The van der Waals surface area contributed by atoms with Gasteiger partial charge in [-0.1, -0.05) is 12.1 Å². The monoisotopic (exact) mass is 312 g/mol. The van der Waals surface area contributed by atoms with Gasteiger partial charge in [-0.05, 0) is 61.9 Å². The second-order valence-corrected chi connectivity index (χ2v) is 6.04. The number of amides is 1. The molecule has 1 amide bonds. The van der Waals surface area contributed by atoms with E-state index in [1.807, 2.05) is 6.07 Å². The van der Waals surface area contributed by atoms with Crippen molar-refractivity contribution in [1.82, 2.24) is 10.6 Å². The van der Waals surface area contributed by atoms with Crippen molar-refractivity contribution < 1.29 is 9.18 Å². The number of carbonyl (C=O) groups excluding carboxylic acids is 1. The Morgan fingerprint density at radius 3 is 2.86 bits per heavy atom. The second-order valence-electron chi connectivity index (χ2n) is 6.04. The summed E-state index contributed by atoms with van der Waals surface area (Å²) in [5.74, 6) is 0.171. The highest BCUT2D eigenvalue weighted by atomic mass is 35.5. The Morgan fingerprint density at radius 2 is 2.14 bits per heavy atom. The summed E-state index contributed by atoms with van der Waals surface area (Å²) in [5.41, 5.74) is 1.21. The molecule has 1 aliphatic heterocycles. The average Bonchev–Trinajstić information content (AvgIpc) is 3.13. The summed E-state index contributed by atoms with van der Waals surface area (Å²) < 4.78 is 13.0. The minimum atomic E-state index is -0.218. The molecule has 21 heavy (non-hydrogen) atoms. The molecule has 1 heterocycles. The van der Waals surface area contributed by atoms with E-state index in [1.54, 1.807) is 6.07 Å². The number of carbonyl (C=O) groups is 1. The summed E-state index contributed by atoms with van der Waals surface area (Å²) in [6.07, 6.45) is 3.97. The summed E-state index contributed by atoms with van der Waals surface area (Å²) in [5, 5.41) is 6.34. The molecule has 3 rings (SSSR count). The molecule has 0 radical (unpaired) electrons. The van der Waals surface area contributed by atoms with E-state index in [-0.39, 0.29) is 35.5 Å². The van der Waals surface area contributed by atoms with Crippen LogP contribution < -0.4 is 10.6 Å². The van der Waals surface area contributed by atoms with Gasteiger partial charge < -0.3 is 10.6 Å². The highest BCUT2D eigenvalue weighted by Gasteiger charge is 2.57. The van der Waals surface area contributed by atoms with Crippen LogP contribution in [0.1, 0.15) is 24.8 Å². The normalized spacial score (nSPS) is 22.4. The maximum absolute atomic E-state index is 13.0. The largest absolute Gasteiger partial charge is 0.356 e. The van der Waals surface area contributed by atoms with Crippen LogP contribution in [-0.4, -0.2) is 25.5 Å². The molecule has 1 saturated heterocycles. The zero-order chi connectivity index (χ0) is 14.0. The standard InChI is InChI=1S/C16H21FN2O.ClH/c17-13-3-1-2-12(10-13)4-7-19-15(20)14-11-16(14)5-8-18-9-6-16;/h1-3,10,14,18H,4-9,11H2,(H,19,20);1H. The third kappa shape index (κ3) is 3.74. The number of rotatable bonds is 4. The molecule has 1 aromatic carbocycles. The van der Waals surface area contributed by atoms with Gasteiger partial charge in [-0.25, -0.2) is 4.39 Å². The molecule has 1 atom stereocenters. The van der Waals surface area contributed by atoms with Crippen LogP contribution in [-0.2, 0) is 11.2 Å². The number of nitrogens with one attached hydrogen (secondary N) is 2. The van der Waals surface area contributed by atoms with E-state index in [0.717, 1.165) is 37.9 Å². The van der Waals surface area contributed by atoms with E-state index in [2.05, 4.69) is 10.6 Å². The molecular formula is C16H22ClFN2O. The molecule has 2 aliphatic rings. The van der Waals surface area contributed by atoms with Crippen molar-refractivity contribution >= 4 is 18.3 Å². The van der Waals surface area contributed by atoms with E-state index < -0.39 is 0 Å². The number of piperidine rings is 1. The Kier molecular flexibility index (Phi) is 5.22. The van der Waals surface area contributed by atoms with Crippen LogP contribution in [0.25, 0.3) is 0 Å². The molecule has 0 aromatic heterocycles. The van der Waals surface area contributed by atoms with Gasteiger partial charge >= 0.3 is 0 Å². The van der Waals surface area contributed by atoms with Crippen LogP contribution in [0.15, 0.2) is 24.3 Å². The van der Waals surface area contributed by atoms with Crippen LogP contribution in [0, 0.1) is 17.2 Å². The van der Waals surface area contributed by atoms with Gasteiger partial charge in [0.1, 0.15) is 5.82 Å². The molecule has 1 aliphatic carbocycles. The van der Waals surface area contributed by atoms with E-state index >= 15 is 0 Å². The smallest absolute Gasteiger partial charge is 0.223 e. The Balaban J connectivity index is 0.00000161. The molecular weight excluding hydrogens is 291 g/mol. The molecule has 1 spiro atoms. The van der Waals surface area contributed by atoms with Crippen molar-refractivity contribution in [2.45, 2.75) is 25.7 Å². The number of hydrogen-bond donors (Lipinski definition) is 2. The molecule has 1 saturated carbocycles. The summed E-state index contributed by atoms with van der Waals surface area (Å²) in [6.45, 7) is 2.66. The first-order valence-corrected chi connectivity index (χ1v) is 7.42.